The standard InChI is InChI=1S/C21H33N3O2/c1-3-22-20(24-14-11-21(16-24)12-15-26-17-21)23-13-5-4-6-18-7-9-19(25-2)10-8-18/h7-10H,3-6,11-17H2,1-2H3,(H,22,23). The molecule has 5 heteroatoms. The van der Waals surface area contributed by atoms with Crippen LogP contribution in [0.15, 0.2) is 29.3 Å². The van der Waals surface area contributed by atoms with Gasteiger partial charge >= 0.3 is 0 Å². The zero-order valence-electron chi connectivity index (χ0n) is 16.3. The lowest BCUT2D eigenvalue weighted by Crippen LogP contribution is -2.41. The summed E-state index contributed by atoms with van der Waals surface area (Å²) in [6, 6.07) is 8.37. The molecule has 0 radical (unpaired) electrons. The number of likely N-dealkylation sites (tertiary alicyclic amines) is 1. The van der Waals surface area contributed by atoms with Crippen LogP contribution >= 0.6 is 0 Å². The van der Waals surface area contributed by atoms with E-state index in [0.29, 0.717) is 5.41 Å². The minimum Gasteiger partial charge on any atom is -0.497 e. The van der Waals surface area contributed by atoms with Crippen LogP contribution in [0.5, 0.6) is 5.75 Å². The number of methoxy groups -OCH3 is 1. The zero-order chi connectivity index (χ0) is 18.2. The lowest BCUT2D eigenvalue weighted by atomic mass is 9.87. The summed E-state index contributed by atoms with van der Waals surface area (Å²) in [7, 11) is 1.71. The van der Waals surface area contributed by atoms with Gasteiger partial charge in [0.25, 0.3) is 0 Å². The maximum Gasteiger partial charge on any atom is 0.193 e. The second-order valence-corrected chi connectivity index (χ2v) is 7.51. The van der Waals surface area contributed by atoms with Crippen molar-refractivity contribution in [3.63, 3.8) is 0 Å². The highest BCUT2D eigenvalue weighted by atomic mass is 16.5. The highest BCUT2D eigenvalue weighted by molar-refractivity contribution is 5.80. The van der Waals surface area contributed by atoms with Gasteiger partial charge in [-0.2, -0.15) is 0 Å². The van der Waals surface area contributed by atoms with Gasteiger partial charge in [-0.05, 0) is 56.7 Å². The van der Waals surface area contributed by atoms with Crippen LogP contribution in [0.2, 0.25) is 0 Å². The predicted molar refractivity (Wildman–Crippen MR) is 106 cm³/mol. The Kier molecular flexibility index (Phi) is 6.78. The van der Waals surface area contributed by atoms with Crippen LogP contribution in [0.3, 0.4) is 0 Å². The van der Waals surface area contributed by atoms with Crippen LogP contribution in [0.1, 0.15) is 38.2 Å². The van der Waals surface area contributed by atoms with E-state index in [1.165, 1.54) is 18.4 Å². The minimum absolute atomic E-state index is 0.380. The summed E-state index contributed by atoms with van der Waals surface area (Å²) in [5, 5.41) is 3.47. The van der Waals surface area contributed by atoms with E-state index >= 15 is 0 Å². The number of nitrogens with one attached hydrogen (secondary N) is 1. The molecule has 1 unspecified atom stereocenters. The van der Waals surface area contributed by atoms with E-state index < -0.39 is 0 Å². The smallest absolute Gasteiger partial charge is 0.193 e. The molecule has 1 aromatic carbocycles. The topological polar surface area (TPSA) is 46.1 Å². The fraction of sp³-hybridized carbons (Fsp3) is 0.667. The third-order valence-electron chi connectivity index (χ3n) is 5.55. The number of aliphatic imine (C=N–C) groups is 1. The van der Waals surface area contributed by atoms with Crippen LogP contribution in [0.25, 0.3) is 0 Å². The van der Waals surface area contributed by atoms with Gasteiger partial charge in [0.15, 0.2) is 5.96 Å². The van der Waals surface area contributed by atoms with Crippen molar-refractivity contribution < 1.29 is 9.47 Å². The van der Waals surface area contributed by atoms with Crippen molar-refractivity contribution in [3.05, 3.63) is 29.8 Å². The van der Waals surface area contributed by atoms with Crippen molar-refractivity contribution in [2.24, 2.45) is 10.4 Å². The highest BCUT2D eigenvalue weighted by Crippen LogP contribution is 2.38. The van der Waals surface area contributed by atoms with Gasteiger partial charge < -0.3 is 19.7 Å². The first-order valence-electron chi connectivity index (χ1n) is 9.99. The van der Waals surface area contributed by atoms with Crippen molar-refractivity contribution in [1.82, 2.24) is 10.2 Å². The summed E-state index contributed by atoms with van der Waals surface area (Å²) < 4.78 is 10.9. The average molecular weight is 360 g/mol. The highest BCUT2D eigenvalue weighted by Gasteiger charge is 2.42. The average Bonchev–Trinajstić information content (AvgIpc) is 3.31. The van der Waals surface area contributed by atoms with Gasteiger partial charge in [0.1, 0.15) is 5.75 Å². The first kappa shape index (κ1) is 19.0. The molecule has 0 amide bonds. The summed E-state index contributed by atoms with van der Waals surface area (Å²) in [4.78, 5) is 7.31. The number of unbranched alkanes of at least 4 members (excludes halogenated alkanes) is 1. The van der Waals surface area contributed by atoms with Crippen molar-refractivity contribution in [2.75, 3.05) is 46.5 Å². The number of benzene rings is 1. The fourth-order valence-electron chi connectivity index (χ4n) is 3.93. The van der Waals surface area contributed by atoms with Gasteiger partial charge in [0.05, 0.1) is 13.7 Å². The Hall–Kier alpha value is -1.75. The molecule has 2 aliphatic heterocycles. The molecule has 26 heavy (non-hydrogen) atoms. The second-order valence-electron chi connectivity index (χ2n) is 7.51. The van der Waals surface area contributed by atoms with E-state index in [-0.39, 0.29) is 0 Å². The molecular weight excluding hydrogens is 326 g/mol. The number of ether oxygens (including phenoxy) is 2. The number of hydrogen-bond acceptors (Lipinski definition) is 3. The molecule has 3 rings (SSSR count). The lowest BCUT2D eigenvalue weighted by Gasteiger charge is -2.25. The largest absolute Gasteiger partial charge is 0.497 e. The third-order valence-corrected chi connectivity index (χ3v) is 5.55. The Labute approximate surface area is 157 Å². The van der Waals surface area contributed by atoms with Gasteiger partial charge in [-0.3, -0.25) is 4.99 Å². The molecule has 2 heterocycles. The molecule has 1 aromatic rings. The maximum atomic E-state index is 5.65. The molecule has 0 saturated carbocycles. The molecule has 2 saturated heterocycles. The van der Waals surface area contributed by atoms with E-state index in [4.69, 9.17) is 14.5 Å². The molecule has 0 bridgehead atoms. The van der Waals surface area contributed by atoms with Crippen LogP contribution < -0.4 is 10.1 Å². The number of aryl methyl sites for hydroxylation is 1. The van der Waals surface area contributed by atoms with Gasteiger partial charge in [0.2, 0.25) is 0 Å². The lowest BCUT2D eigenvalue weighted by molar-refractivity contribution is 0.156. The number of rotatable bonds is 7. The minimum atomic E-state index is 0.380. The number of guanidine groups is 1. The Morgan fingerprint density at radius 1 is 1.27 bits per heavy atom. The summed E-state index contributed by atoms with van der Waals surface area (Å²) in [5.41, 5.74) is 1.74. The van der Waals surface area contributed by atoms with Crippen molar-refractivity contribution >= 4 is 5.96 Å². The SMILES string of the molecule is CCNC(=NCCCCc1ccc(OC)cc1)N1CCC2(CCOC2)C1. The molecule has 1 atom stereocenters. The van der Waals surface area contributed by atoms with Crippen molar-refractivity contribution in [2.45, 2.75) is 39.0 Å². The van der Waals surface area contributed by atoms with Gasteiger partial charge in [-0.15, -0.1) is 0 Å². The Balaban J connectivity index is 1.44. The van der Waals surface area contributed by atoms with Crippen LogP contribution in [-0.4, -0.2) is 57.4 Å². The summed E-state index contributed by atoms with van der Waals surface area (Å²) in [6.07, 6.45) is 5.80. The zero-order valence-corrected chi connectivity index (χ0v) is 16.3. The van der Waals surface area contributed by atoms with Gasteiger partial charge in [0, 0.05) is 38.2 Å². The van der Waals surface area contributed by atoms with Crippen molar-refractivity contribution in [3.8, 4) is 5.75 Å². The van der Waals surface area contributed by atoms with Crippen LogP contribution in [0.4, 0.5) is 0 Å². The van der Waals surface area contributed by atoms with E-state index in [9.17, 15) is 0 Å². The first-order chi connectivity index (χ1) is 12.7. The summed E-state index contributed by atoms with van der Waals surface area (Å²) >= 11 is 0. The molecule has 0 aromatic heterocycles. The predicted octanol–water partition coefficient (Wildman–Crippen LogP) is 3.10. The maximum absolute atomic E-state index is 5.65. The summed E-state index contributed by atoms with van der Waals surface area (Å²) in [5.74, 6) is 2.01. The van der Waals surface area contributed by atoms with E-state index in [2.05, 4.69) is 29.3 Å². The fourth-order valence-corrected chi connectivity index (χ4v) is 3.93. The molecule has 5 nitrogen and oxygen atoms in total. The molecule has 1 spiro atoms. The first-order valence-corrected chi connectivity index (χ1v) is 9.99. The van der Waals surface area contributed by atoms with E-state index in [1.54, 1.807) is 7.11 Å². The molecule has 2 fully saturated rings. The number of nitrogens with zero attached hydrogens (tertiary/aromatic N) is 2. The second kappa shape index (κ2) is 9.26. The Morgan fingerprint density at radius 2 is 2.12 bits per heavy atom. The summed E-state index contributed by atoms with van der Waals surface area (Å²) in [6.45, 7) is 7.98. The van der Waals surface area contributed by atoms with Crippen molar-refractivity contribution in [1.29, 1.82) is 0 Å². The molecular formula is C21H33N3O2. The van der Waals surface area contributed by atoms with Gasteiger partial charge in [-0.1, -0.05) is 12.1 Å². The van der Waals surface area contributed by atoms with E-state index in [0.717, 1.165) is 70.4 Å². The van der Waals surface area contributed by atoms with Crippen LogP contribution in [0, 0.1) is 5.41 Å². The van der Waals surface area contributed by atoms with Crippen LogP contribution in [-0.2, 0) is 11.2 Å². The molecule has 1 N–H and O–H groups in total. The number of hydrogen-bond donors (Lipinski definition) is 1. The Bertz CT molecular complexity index is 579. The quantitative estimate of drug-likeness (QED) is 0.462. The normalized spacial score (nSPS) is 23.0. The van der Waals surface area contributed by atoms with E-state index in [1.807, 2.05) is 12.1 Å². The van der Waals surface area contributed by atoms with Gasteiger partial charge in [-0.25, -0.2) is 0 Å². The molecule has 2 aliphatic rings. The molecule has 0 aliphatic carbocycles. The Morgan fingerprint density at radius 3 is 2.81 bits per heavy atom. The molecule has 144 valence electrons. The third kappa shape index (κ3) is 4.91. The monoisotopic (exact) mass is 359 g/mol.